The quantitative estimate of drug-likeness (QED) is 0.334. The SMILES string of the molecule is Cc1c(Cl)cccc1C=[N+]([O-])c1cccc(C(F)(F)F)c1. The Morgan fingerprint density at radius 3 is 2.48 bits per heavy atom. The van der Waals surface area contributed by atoms with Gasteiger partial charge in [-0.3, -0.25) is 0 Å². The number of hydrogen-bond acceptors (Lipinski definition) is 1. The van der Waals surface area contributed by atoms with Gasteiger partial charge in [-0.2, -0.15) is 17.9 Å². The third-order valence-corrected chi connectivity index (χ3v) is 3.40. The summed E-state index contributed by atoms with van der Waals surface area (Å²) in [4.78, 5) is 0. The lowest BCUT2D eigenvalue weighted by atomic mass is 10.1. The van der Waals surface area contributed by atoms with Gasteiger partial charge in [0.2, 0.25) is 5.69 Å². The van der Waals surface area contributed by atoms with Crippen molar-refractivity contribution in [2.24, 2.45) is 0 Å². The van der Waals surface area contributed by atoms with E-state index in [1.54, 1.807) is 25.1 Å². The number of hydrogen-bond donors (Lipinski definition) is 0. The van der Waals surface area contributed by atoms with E-state index in [1.807, 2.05) is 0 Å². The van der Waals surface area contributed by atoms with Gasteiger partial charge in [-0.1, -0.05) is 23.7 Å². The van der Waals surface area contributed by atoms with Crippen LogP contribution in [0.2, 0.25) is 5.02 Å². The van der Waals surface area contributed by atoms with E-state index in [1.165, 1.54) is 18.3 Å². The molecule has 2 rings (SSSR count). The Morgan fingerprint density at radius 2 is 1.81 bits per heavy atom. The van der Waals surface area contributed by atoms with Crippen LogP contribution in [0.25, 0.3) is 0 Å². The molecule has 6 heteroatoms. The zero-order valence-corrected chi connectivity index (χ0v) is 11.7. The highest BCUT2D eigenvalue weighted by atomic mass is 35.5. The highest BCUT2D eigenvalue weighted by molar-refractivity contribution is 6.31. The van der Waals surface area contributed by atoms with Crippen LogP contribution in [0, 0.1) is 12.1 Å². The molecule has 0 bridgehead atoms. The van der Waals surface area contributed by atoms with Crippen molar-refractivity contribution in [1.29, 1.82) is 0 Å². The molecule has 0 N–H and O–H groups in total. The number of alkyl halides is 3. The van der Waals surface area contributed by atoms with Crippen molar-refractivity contribution in [3.63, 3.8) is 0 Å². The van der Waals surface area contributed by atoms with Gasteiger partial charge in [-0.05, 0) is 30.7 Å². The van der Waals surface area contributed by atoms with Crippen LogP contribution in [-0.4, -0.2) is 11.0 Å². The van der Waals surface area contributed by atoms with Crippen LogP contribution in [0.3, 0.4) is 0 Å². The molecule has 2 aromatic rings. The molecule has 0 aromatic heterocycles. The van der Waals surface area contributed by atoms with Crippen molar-refractivity contribution < 1.29 is 17.9 Å². The molecule has 0 heterocycles. The third-order valence-electron chi connectivity index (χ3n) is 2.99. The monoisotopic (exact) mass is 313 g/mol. The van der Waals surface area contributed by atoms with E-state index in [0.29, 0.717) is 20.9 Å². The smallest absolute Gasteiger partial charge is 0.416 e. The zero-order valence-electron chi connectivity index (χ0n) is 11.0. The summed E-state index contributed by atoms with van der Waals surface area (Å²) in [5.74, 6) is 0. The average molecular weight is 314 g/mol. The summed E-state index contributed by atoms with van der Waals surface area (Å²) < 4.78 is 38.3. The molecule has 0 fully saturated rings. The second-order valence-corrected chi connectivity index (χ2v) is 4.86. The van der Waals surface area contributed by atoms with E-state index in [-0.39, 0.29) is 5.69 Å². The second kappa shape index (κ2) is 5.77. The van der Waals surface area contributed by atoms with Gasteiger partial charge >= 0.3 is 6.18 Å². The van der Waals surface area contributed by atoms with E-state index in [9.17, 15) is 18.4 Å². The van der Waals surface area contributed by atoms with E-state index >= 15 is 0 Å². The van der Waals surface area contributed by atoms with Gasteiger partial charge in [-0.15, -0.1) is 0 Å². The summed E-state index contributed by atoms with van der Waals surface area (Å²) in [5, 5.41) is 12.5. The van der Waals surface area contributed by atoms with Crippen LogP contribution < -0.4 is 0 Å². The van der Waals surface area contributed by atoms with Gasteiger partial charge in [0, 0.05) is 22.7 Å². The fourth-order valence-electron chi connectivity index (χ4n) is 1.78. The zero-order chi connectivity index (χ0) is 15.6. The van der Waals surface area contributed by atoms with E-state index in [2.05, 4.69) is 0 Å². The number of benzene rings is 2. The lowest BCUT2D eigenvalue weighted by molar-refractivity contribution is -0.354. The highest BCUT2D eigenvalue weighted by Gasteiger charge is 2.31. The minimum Gasteiger partial charge on any atom is -0.618 e. The lowest BCUT2D eigenvalue weighted by Crippen LogP contribution is -2.06. The highest BCUT2D eigenvalue weighted by Crippen LogP contribution is 2.31. The molecule has 0 aliphatic rings. The molecule has 0 saturated heterocycles. The van der Waals surface area contributed by atoms with E-state index in [0.717, 1.165) is 12.1 Å². The van der Waals surface area contributed by atoms with Gasteiger partial charge in [0.05, 0.1) is 5.56 Å². The standard InChI is InChI=1S/C15H11ClF3NO/c1-10-11(4-2-7-14(10)16)9-20(21)13-6-3-5-12(8-13)15(17,18)19/h2-9H,1H3. The van der Waals surface area contributed by atoms with Crippen LogP contribution in [0.1, 0.15) is 16.7 Å². The summed E-state index contributed by atoms with van der Waals surface area (Å²) in [6, 6.07) is 9.25. The van der Waals surface area contributed by atoms with Crippen molar-refractivity contribution in [2.45, 2.75) is 13.1 Å². The summed E-state index contributed by atoms with van der Waals surface area (Å²) in [5.41, 5.74) is 0.281. The molecular formula is C15H11ClF3NO. The molecule has 2 aromatic carbocycles. The molecule has 0 unspecified atom stereocenters. The van der Waals surface area contributed by atoms with Crippen LogP contribution in [0.15, 0.2) is 42.5 Å². The van der Waals surface area contributed by atoms with Gasteiger partial charge in [0.15, 0.2) is 6.21 Å². The Balaban J connectivity index is 2.42. The first-order chi connectivity index (χ1) is 9.79. The Kier molecular flexibility index (Phi) is 4.23. The lowest BCUT2D eigenvalue weighted by Gasteiger charge is -2.09. The molecule has 0 aliphatic carbocycles. The Labute approximate surface area is 124 Å². The van der Waals surface area contributed by atoms with Gasteiger partial charge in [0.1, 0.15) is 0 Å². The fraction of sp³-hybridized carbons (Fsp3) is 0.133. The normalized spacial score (nSPS) is 12.5. The minimum absolute atomic E-state index is 0.0933. The van der Waals surface area contributed by atoms with Crippen LogP contribution >= 0.6 is 11.6 Å². The molecule has 0 saturated carbocycles. The Bertz CT molecular complexity index is 696. The van der Waals surface area contributed by atoms with Crippen molar-refractivity contribution in [2.75, 3.05) is 0 Å². The van der Waals surface area contributed by atoms with Crippen molar-refractivity contribution in [3.05, 3.63) is 69.4 Å². The molecule has 0 radical (unpaired) electrons. The average Bonchev–Trinajstić information content (AvgIpc) is 2.43. The van der Waals surface area contributed by atoms with Crippen LogP contribution in [0.5, 0.6) is 0 Å². The Hall–Kier alpha value is -2.01. The maximum atomic E-state index is 12.6. The molecule has 2 nitrogen and oxygen atoms in total. The van der Waals surface area contributed by atoms with Crippen molar-refractivity contribution in [3.8, 4) is 0 Å². The number of halogens is 4. The third kappa shape index (κ3) is 3.55. The van der Waals surface area contributed by atoms with Crippen molar-refractivity contribution >= 4 is 23.5 Å². The molecule has 21 heavy (non-hydrogen) atoms. The maximum absolute atomic E-state index is 12.6. The topological polar surface area (TPSA) is 26.1 Å². The van der Waals surface area contributed by atoms with E-state index < -0.39 is 11.7 Å². The van der Waals surface area contributed by atoms with Crippen molar-refractivity contribution in [1.82, 2.24) is 0 Å². The van der Waals surface area contributed by atoms with Crippen LogP contribution in [-0.2, 0) is 6.18 Å². The van der Waals surface area contributed by atoms with Gasteiger partial charge in [-0.25, -0.2) is 0 Å². The molecule has 0 spiro atoms. The molecule has 0 atom stereocenters. The molecular weight excluding hydrogens is 303 g/mol. The fourth-order valence-corrected chi connectivity index (χ4v) is 1.97. The maximum Gasteiger partial charge on any atom is 0.416 e. The van der Waals surface area contributed by atoms with Crippen LogP contribution in [0.4, 0.5) is 18.9 Å². The Morgan fingerprint density at radius 1 is 1.14 bits per heavy atom. The summed E-state index contributed by atoms with van der Waals surface area (Å²) >= 11 is 5.94. The first kappa shape index (κ1) is 15.4. The molecule has 110 valence electrons. The van der Waals surface area contributed by atoms with Gasteiger partial charge in [0.25, 0.3) is 0 Å². The molecule has 0 aliphatic heterocycles. The predicted molar refractivity (Wildman–Crippen MR) is 76.1 cm³/mol. The van der Waals surface area contributed by atoms with Gasteiger partial charge < -0.3 is 5.21 Å². The first-order valence-corrected chi connectivity index (χ1v) is 6.40. The largest absolute Gasteiger partial charge is 0.618 e. The summed E-state index contributed by atoms with van der Waals surface area (Å²) in [6.07, 6.45) is -3.28. The first-order valence-electron chi connectivity index (χ1n) is 6.02. The minimum atomic E-state index is -4.48. The van der Waals surface area contributed by atoms with E-state index in [4.69, 9.17) is 11.6 Å². The number of nitrogens with zero attached hydrogens (tertiary/aromatic N) is 1. The number of rotatable bonds is 2. The summed E-state index contributed by atoms with van der Waals surface area (Å²) in [7, 11) is 0. The molecule has 0 amide bonds. The predicted octanol–water partition coefficient (Wildman–Crippen LogP) is 4.93. The second-order valence-electron chi connectivity index (χ2n) is 4.46. The summed E-state index contributed by atoms with van der Waals surface area (Å²) in [6.45, 7) is 1.73.